The van der Waals surface area contributed by atoms with Crippen LogP contribution in [-0.2, 0) is 0 Å². The maximum Gasteiger partial charge on any atom is 0.262 e. The summed E-state index contributed by atoms with van der Waals surface area (Å²) in [6, 6.07) is 11.5. The van der Waals surface area contributed by atoms with Crippen molar-refractivity contribution in [2.45, 2.75) is 25.8 Å². The molecule has 2 aromatic carbocycles. The zero-order valence-corrected chi connectivity index (χ0v) is 15.5. The van der Waals surface area contributed by atoms with Gasteiger partial charge in [-0.25, -0.2) is 0 Å². The van der Waals surface area contributed by atoms with Crippen molar-refractivity contribution in [2.24, 2.45) is 0 Å². The number of benzene rings is 2. The molecule has 1 aliphatic heterocycles. The summed E-state index contributed by atoms with van der Waals surface area (Å²) in [5, 5.41) is 9.55. The van der Waals surface area contributed by atoms with Crippen molar-refractivity contribution < 1.29 is 24.2 Å². The van der Waals surface area contributed by atoms with Crippen molar-refractivity contribution in [1.29, 1.82) is 0 Å². The second kappa shape index (κ2) is 8.22. The predicted molar refractivity (Wildman–Crippen MR) is 100 cm³/mol. The summed E-state index contributed by atoms with van der Waals surface area (Å²) in [7, 11) is 1.56. The molecule has 6 heteroatoms. The van der Waals surface area contributed by atoms with E-state index in [-0.39, 0.29) is 24.8 Å². The highest BCUT2D eigenvalue weighted by Crippen LogP contribution is 2.37. The lowest BCUT2D eigenvalue weighted by Gasteiger charge is -2.27. The molecule has 0 aliphatic carbocycles. The van der Waals surface area contributed by atoms with E-state index in [0.29, 0.717) is 34.8 Å². The molecule has 6 nitrogen and oxygen atoms in total. The van der Waals surface area contributed by atoms with Crippen LogP contribution in [0.4, 0.5) is 0 Å². The number of aliphatic hydroxyl groups is 1. The summed E-state index contributed by atoms with van der Waals surface area (Å²) < 4.78 is 11.1. The van der Waals surface area contributed by atoms with Gasteiger partial charge in [-0.15, -0.1) is 0 Å². The lowest BCUT2D eigenvalue weighted by atomic mass is 10.0. The van der Waals surface area contributed by atoms with Crippen LogP contribution >= 0.6 is 0 Å². The van der Waals surface area contributed by atoms with Crippen LogP contribution in [0, 0.1) is 0 Å². The Hall–Kier alpha value is -2.86. The van der Waals surface area contributed by atoms with Crippen LogP contribution < -0.4 is 9.47 Å². The molecule has 1 heterocycles. The number of hydrogen-bond acceptors (Lipinski definition) is 5. The average Bonchev–Trinajstić information content (AvgIpc) is 2.95. The summed E-state index contributed by atoms with van der Waals surface area (Å²) in [4.78, 5) is 26.9. The van der Waals surface area contributed by atoms with Crippen LogP contribution in [0.25, 0.3) is 0 Å². The summed E-state index contributed by atoms with van der Waals surface area (Å²) in [5.74, 6) is 0.440. The topological polar surface area (TPSA) is 76.1 Å². The van der Waals surface area contributed by atoms with Gasteiger partial charge in [0.05, 0.1) is 30.9 Å². The maximum atomic E-state index is 12.8. The number of fused-ring (bicyclic) bond motifs is 1. The average molecular weight is 369 g/mol. The van der Waals surface area contributed by atoms with Gasteiger partial charge in [0.15, 0.2) is 11.5 Å². The molecule has 1 N–H and O–H groups in total. The quantitative estimate of drug-likeness (QED) is 0.723. The van der Waals surface area contributed by atoms with Crippen LogP contribution in [0.5, 0.6) is 11.5 Å². The van der Waals surface area contributed by atoms with E-state index in [1.165, 1.54) is 4.90 Å². The van der Waals surface area contributed by atoms with E-state index in [9.17, 15) is 14.7 Å². The Morgan fingerprint density at radius 2 is 1.70 bits per heavy atom. The number of aliphatic hydroxyl groups excluding tert-OH is 1. The molecule has 0 saturated carbocycles. The van der Waals surface area contributed by atoms with Crippen LogP contribution in [-0.4, -0.2) is 42.1 Å². The summed E-state index contributed by atoms with van der Waals surface area (Å²) in [6.07, 6.45) is 1.08. The van der Waals surface area contributed by atoms with Gasteiger partial charge in [0.25, 0.3) is 11.8 Å². The molecule has 0 spiro atoms. The Balaban J connectivity index is 1.99. The molecule has 3 rings (SSSR count). The Morgan fingerprint density at radius 3 is 2.26 bits per heavy atom. The molecule has 0 saturated heterocycles. The summed E-state index contributed by atoms with van der Waals surface area (Å²) in [5.41, 5.74) is 1.49. The third kappa shape index (κ3) is 3.53. The van der Waals surface area contributed by atoms with Gasteiger partial charge in [0.2, 0.25) is 0 Å². The minimum Gasteiger partial charge on any atom is -0.493 e. The molecule has 27 heavy (non-hydrogen) atoms. The monoisotopic (exact) mass is 369 g/mol. The first-order valence-corrected chi connectivity index (χ1v) is 9.00. The second-order valence-electron chi connectivity index (χ2n) is 6.31. The van der Waals surface area contributed by atoms with Crippen molar-refractivity contribution >= 4 is 11.8 Å². The lowest BCUT2D eigenvalue weighted by molar-refractivity contribution is 0.0558. The summed E-state index contributed by atoms with van der Waals surface area (Å²) in [6.45, 7) is 2.37. The standard InChI is InChI=1S/C21H23NO5/c1-3-12-27-19-13-14(8-9-18(19)26-2)17(10-11-23)22-20(24)15-6-4-5-7-16(15)21(22)25/h4-9,13,17,23H,3,10-12H2,1-2H3. The number of amides is 2. The Morgan fingerprint density at radius 1 is 1.04 bits per heavy atom. The fourth-order valence-electron chi connectivity index (χ4n) is 3.28. The van der Waals surface area contributed by atoms with Crippen molar-refractivity contribution in [2.75, 3.05) is 20.3 Å². The van der Waals surface area contributed by atoms with Crippen molar-refractivity contribution in [3.8, 4) is 11.5 Å². The molecule has 0 bridgehead atoms. The molecule has 1 aliphatic rings. The van der Waals surface area contributed by atoms with Gasteiger partial charge in [-0.1, -0.05) is 25.1 Å². The van der Waals surface area contributed by atoms with Crippen molar-refractivity contribution in [3.05, 3.63) is 59.2 Å². The Labute approximate surface area is 158 Å². The van der Waals surface area contributed by atoms with E-state index in [4.69, 9.17) is 9.47 Å². The highest BCUT2D eigenvalue weighted by molar-refractivity contribution is 6.21. The number of ether oxygens (including phenoxy) is 2. The molecule has 0 radical (unpaired) electrons. The minimum absolute atomic E-state index is 0.157. The predicted octanol–water partition coefficient (Wildman–Crippen LogP) is 3.20. The number of methoxy groups -OCH3 is 1. The van der Waals surface area contributed by atoms with Crippen LogP contribution in [0.3, 0.4) is 0 Å². The largest absolute Gasteiger partial charge is 0.493 e. The van der Waals surface area contributed by atoms with E-state index in [2.05, 4.69) is 0 Å². The highest BCUT2D eigenvalue weighted by atomic mass is 16.5. The van der Waals surface area contributed by atoms with Crippen molar-refractivity contribution in [1.82, 2.24) is 4.90 Å². The van der Waals surface area contributed by atoms with E-state index in [0.717, 1.165) is 6.42 Å². The Kier molecular flexibility index (Phi) is 5.76. The fraction of sp³-hybridized carbons (Fsp3) is 0.333. The second-order valence-corrected chi connectivity index (χ2v) is 6.31. The van der Waals surface area contributed by atoms with Crippen LogP contribution in [0.15, 0.2) is 42.5 Å². The first-order chi connectivity index (χ1) is 13.1. The molecule has 0 fully saturated rings. The van der Waals surface area contributed by atoms with Gasteiger partial charge in [0, 0.05) is 6.61 Å². The smallest absolute Gasteiger partial charge is 0.262 e. The number of hydrogen-bond donors (Lipinski definition) is 1. The number of rotatable bonds is 8. The zero-order chi connectivity index (χ0) is 19.4. The number of imide groups is 1. The van der Waals surface area contributed by atoms with Gasteiger partial charge in [-0.2, -0.15) is 0 Å². The van der Waals surface area contributed by atoms with Crippen LogP contribution in [0.1, 0.15) is 52.1 Å². The molecule has 2 aromatic rings. The third-order valence-corrected chi connectivity index (χ3v) is 4.57. The molecular formula is C21H23NO5. The van der Waals surface area contributed by atoms with Gasteiger partial charge in [-0.05, 0) is 42.7 Å². The lowest BCUT2D eigenvalue weighted by Crippen LogP contribution is -2.34. The third-order valence-electron chi connectivity index (χ3n) is 4.57. The molecule has 2 amide bonds. The first-order valence-electron chi connectivity index (χ1n) is 9.00. The molecule has 1 unspecified atom stereocenters. The SMILES string of the molecule is CCCOc1cc(C(CCO)N2C(=O)c3ccccc3C2=O)ccc1OC. The normalized spacial score (nSPS) is 14.3. The molecule has 0 aromatic heterocycles. The number of nitrogens with zero attached hydrogens (tertiary/aromatic N) is 1. The van der Waals surface area contributed by atoms with Crippen molar-refractivity contribution in [3.63, 3.8) is 0 Å². The number of carbonyl (C=O) groups excluding carboxylic acids is 2. The molecule has 142 valence electrons. The van der Waals surface area contributed by atoms with Crippen LogP contribution in [0.2, 0.25) is 0 Å². The zero-order valence-electron chi connectivity index (χ0n) is 15.5. The molecular weight excluding hydrogens is 346 g/mol. The van der Waals surface area contributed by atoms with E-state index >= 15 is 0 Å². The van der Waals surface area contributed by atoms with Gasteiger partial charge < -0.3 is 14.6 Å². The molecule has 1 atom stereocenters. The summed E-state index contributed by atoms with van der Waals surface area (Å²) >= 11 is 0. The van der Waals surface area contributed by atoms with Gasteiger partial charge >= 0.3 is 0 Å². The van der Waals surface area contributed by atoms with Gasteiger partial charge in [-0.3, -0.25) is 14.5 Å². The number of carbonyl (C=O) groups is 2. The minimum atomic E-state index is -0.586. The van der Waals surface area contributed by atoms with E-state index in [1.54, 1.807) is 49.6 Å². The maximum absolute atomic E-state index is 12.8. The first kappa shape index (κ1) is 18.9. The van der Waals surface area contributed by atoms with E-state index in [1.807, 2.05) is 6.92 Å². The Bertz CT molecular complexity index is 813. The highest BCUT2D eigenvalue weighted by Gasteiger charge is 2.40. The van der Waals surface area contributed by atoms with E-state index < -0.39 is 6.04 Å². The fourth-order valence-corrected chi connectivity index (χ4v) is 3.28. The van der Waals surface area contributed by atoms with Gasteiger partial charge in [0.1, 0.15) is 0 Å².